The number of benzene rings is 2. The highest BCUT2D eigenvalue weighted by molar-refractivity contribution is 6.30. The molecule has 0 spiro atoms. The van der Waals surface area contributed by atoms with Crippen LogP contribution in [0, 0.1) is 0 Å². The third kappa shape index (κ3) is 3.84. The Labute approximate surface area is 129 Å². The van der Waals surface area contributed by atoms with E-state index in [-0.39, 0.29) is 6.10 Å². The van der Waals surface area contributed by atoms with Crippen molar-refractivity contribution in [3.63, 3.8) is 0 Å². The van der Waals surface area contributed by atoms with Crippen molar-refractivity contribution in [3.05, 3.63) is 70.7 Å². The quantitative estimate of drug-likeness (QED) is 0.906. The van der Waals surface area contributed by atoms with Gasteiger partial charge in [0.05, 0.1) is 5.71 Å². The minimum Gasteiger partial charge on any atom is -0.386 e. The van der Waals surface area contributed by atoms with Gasteiger partial charge in [0, 0.05) is 17.0 Å². The van der Waals surface area contributed by atoms with Gasteiger partial charge in [-0.2, -0.15) is 0 Å². The van der Waals surface area contributed by atoms with Crippen molar-refractivity contribution in [2.24, 2.45) is 5.16 Å². The summed E-state index contributed by atoms with van der Waals surface area (Å²) in [6.45, 7) is 1.80. The minimum absolute atomic E-state index is 0.152. The van der Waals surface area contributed by atoms with E-state index >= 15 is 0 Å². The molecule has 0 aliphatic carbocycles. The zero-order chi connectivity index (χ0) is 14.5. The number of hydrogen-bond acceptors (Lipinski definition) is 2. The first-order valence-corrected chi connectivity index (χ1v) is 7.53. The van der Waals surface area contributed by atoms with Crippen LogP contribution in [0.3, 0.4) is 0 Å². The van der Waals surface area contributed by atoms with Gasteiger partial charge in [-0.05, 0) is 17.7 Å². The highest BCUT2D eigenvalue weighted by Gasteiger charge is 2.23. The van der Waals surface area contributed by atoms with Crippen LogP contribution in [0.5, 0.6) is 0 Å². The van der Waals surface area contributed by atoms with Gasteiger partial charge in [0.15, 0.2) is 6.10 Å². The molecule has 3 nitrogen and oxygen atoms in total. The van der Waals surface area contributed by atoms with Gasteiger partial charge in [0.2, 0.25) is 0 Å². The van der Waals surface area contributed by atoms with Gasteiger partial charge in [-0.3, -0.25) is 0 Å². The first-order chi connectivity index (χ1) is 10.3. The molecule has 2 aromatic carbocycles. The Kier molecular flexibility index (Phi) is 4.53. The number of hydrogen-bond donors (Lipinski definition) is 1. The average molecular weight is 302 g/mol. The number of quaternary nitrogens is 1. The maximum absolute atomic E-state index is 5.98. The second-order valence-corrected chi connectivity index (χ2v) is 5.63. The van der Waals surface area contributed by atoms with E-state index in [1.165, 1.54) is 5.56 Å². The van der Waals surface area contributed by atoms with Crippen molar-refractivity contribution < 1.29 is 10.2 Å². The summed E-state index contributed by atoms with van der Waals surface area (Å²) in [6.07, 6.45) is 1.02. The van der Waals surface area contributed by atoms with Gasteiger partial charge in [-0.15, -0.1) is 0 Å². The second kappa shape index (κ2) is 6.74. The van der Waals surface area contributed by atoms with Crippen LogP contribution < -0.4 is 5.32 Å². The second-order valence-electron chi connectivity index (χ2n) is 5.19. The van der Waals surface area contributed by atoms with E-state index in [1.54, 1.807) is 0 Å². The lowest BCUT2D eigenvalue weighted by Crippen LogP contribution is -2.84. The number of halogens is 1. The lowest BCUT2D eigenvalue weighted by Gasteiger charge is -2.07. The molecule has 0 radical (unpaired) electrons. The van der Waals surface area contributed by atoms with Crippen LogP contribution in [-0.4, -0.2) is 18.4 Å². The summed E-state index contributed by atoms with van der Waals surface area (Å²) < 4.78 is 0. The molecule has 4 heteroatoms. The zero-order valence-electron chi connectivity index (χ0n) is 11.7. The average Bonchev–Trinajstić information content (AvgIpc) is 2.97. The molecule has 1 aliphatic rings. The molecule has 2 N–H and O–H groups in total. The topological polar surface area (TPSA) is 38.2 Å². The molecule has 2 aromatic rings. The van der Waals surface area contributed by atoms with Crippen molar-refractivity contribution >= 4 is 17.3 Å². The van der Waals surface area contributed by atoms with Gasteiger partial charge in [-0.25, -0.2) is 0 Å². The van der Waals surface area contributed by atoms with Crippen LogP contribution in [-0.2, 0) is 11.4 Å². The molecule has 0 aromatic heterocycles. The zero-order valence-corrected chi connectivity index (χ0v) is 12.5. The standard InChI is InChI=1S/C17H17ClN2O/c18-15-8-4-5-13(9-15)11-19-12-16-10-17(20-21-16)14-6-2-1-3-7-14/h1-9,16,19H,10-12H2/p+1/t16-/m0/s1. The van der Waals surface area contributed by atoms with Crippen LogP contribution in [0.4, 0.5) is 0 Å². The molecule has 0 fully saturated rings. The number of nitrogens with two attached hydrogens (primary N) is 1. The molecule has 0 bridgehead atoms. The van der Waals surface area contributed by atoms with E-state index in [9.17, 15) is 0 Å². The molecular formula is C17H18ClN2O+. The maximum Gasteiger partial charge on any atom is 0.181 e. The van der Waals surface area contributed by atoms with Crippen LogP contribution in [0.15, 0.2) is 59.8 Å². The summed E-state index contributed by atoms with van der Waals surface area (Å²) >= 11 is 5.98. The molecule has 0 saturated heterocycles. The summed E-state index contributed by atoms with van der Waals surface area (Å²) in [5.41, 5.74) is 3.41. The van der Waals surface area contributed by atoms with Crippen LogP contribution >= 0.6 is 11.6 Å². The van der Waals surface area contributed by atoms with E-state index in [1.807, 2.05) is 36.4 Å². The Morgan fingerprint density at radius 1 is 1.14 bits per heavy atom. The molecule has 21 heavy (non-hydrogen) atoms. The predicted octanol–water partition coefficient (Wildman–Crippen LogP) is 2.60. The molecule has 1 aliphatic heterocycles. The molecule has 108 valence electrons. The number of oxime groups is 1. The monoisotopic (exact) mass is 301 g/mol. The highest BCUT2D eigenvalue weighted by atomic mass is 35.5. The third-order valence-corrected chi connectivity index (χ3v) is 3.77. The van der Waals surface area contributed by atoms with E-state index < -0.39 is 0 Å². The molecule has 1 heterocycles. The van der Waals surface area contributed by atoms with Gasteiger partial charge in [-0.1, -0.05) is 59.2 Å². The lowest BCUT2D eigenvalue weighted by atomic mass is 10.1. The fourth-order valence-corrected chi connectivity index (χ4v) is 2.67. The summed E-state index contributed by atoms with van der Waals surface area (Å²) in [7, 11) is 0. The van der Waals surface area contributed by atoms with Gasteiger partial charge in [0.25, 0.3) is 0 Å². The summed E-state index contributed by atoms with van der Waals surface area (Å²) in [4.78, 5) is 5.51. The Bertz CT molecular complexity index is 628. The summed E-state index contributed by atoms with van der Waals surface area (Å²) in [6, 6.07) is 18.2. The van der Waals surface area contributed by atoms with Crippen LogP contribution in [0.1, 0.15) is 17.5 Å². The van der Waals surface area contributed by atoms with Crippen molar-refractivity contribution in [2.45, 2.75) is 19.1 Å². The Morgan fingerprint density at radius 3 is 2.81 bits per heavy atom. The van der Waals surface area contributed by atoms with Gasteiger partial charge in [0.1, 0.15) is 13.1 Å². The number of rotatable bonds is 5. The van der Waals surface area contributed by atoms with Crippen LogP contribution in [0.25, 0.3) is 0 Å². The molecule has 0 saturated carbocycles. The van der Waals surface area contributed by atoms with E-state index in [0.717, 1.165) is 35.8 Å². The molecular weight excluding hydrogens is 284 g/mol. The lowest BCUT2D eigenvalue weighted by molar-refractivity contribution is -0.676. The van der Waals surface area contributed by atoms with Crippen molar-refractivity contribution in [3.8, 4) is 0 Å². The first kappa shape index (κ1) is 14.1. The molecule has 1 atom stereocenters. The van der Waals surface area contributed by atoms with E-state index in [4.69, 9.17) is 16.4 Å². The molecule has 3 rings (SSSR count). The Hall–Kier alpha value is -1.84. The van der Waals surface area contributed by atoms with Crippen LogP contribution in [0.2, 0.25) is 5.02 Å². The summed E-state index contributed by atoms with van der Waals surface area (Å²) in [5.74, 6) is 0. The van der Waals surface area contributed by atoms with Gasteiger partial charge >= 0.3 is 0 Å². The van der Waals surface area contributed by atoms with E-state index in [0.29, 0.717) is 0 Å². The molecule has 0 amide bonds. The highest BCUT2D eigenvalue weighted by Crippen LogP contribution is 2.15. The number of nitrogens with zero attached hydrogens (tertiary/aromatic N) is 1. The summed E-state index contributed by atoms with van der Waals surface area (Å²) in [5, 5.41) is 7.22. The maximum atomic E-state index is 5.98. The van der Waals surface area contributed by atoms with Gasteiger partial charge < -0.3 is 10.2 Å². The Balaban J connectivity index is 1.46. The normalized spacial score (nSPS) is 17.4. The fraction of sp³-hybridized carbons (Fsp3) is 0.235. The predicted molar refractivity (Wildman–Crippen MR) is 84.4 cm³/mol. The van der Waals surface area contributed by atoms with Crippen molar-refractivity contribution in [1.29, 1.82) is 0 Å². The smallest absolute Gasteiger partial charge is 0.181 e. The Morgan fingerprint density at radius 2 is 2.00 bits per heavy atom. The largest absolute Gasteiger partial charge is 0.386 e. The molecule has 0 unspecified atom stereocenters. The van der Waals surface area contributed by atoms with Crippen molar-refractivity contribution in [2.75, 3.05) is 6.54 Å². The van der Waals surface area contributed by atoms with Crippen molar-refractivity contribution in [1.82, 2.24) is 0 Å². The fourth-order valence-electron chi connectivity index (χ4n) is 2.46. The SMILES string of the molecule is Clc1cccc(C[NH2+]C[C@@H]2CC(c3ccccc3)=NO2)c1. The minimum atomic E-state index is 0.152. The van der Waals surface area contributed by atoms with E-state index in [2.05, 4.69) is 28.7 Å². The third-order valence-electron chi connectivity index (χ3n) is 3.54. The first-order valence-electron chi connectivity index (χ1n) is 7.15.